The van der Waals surface area contributed by atoms with Crippen molar-refractivity contribution >= 4 is 21.6 Å². The summed E-state index contributed by atoms with van der Waals surface area (Å²) in [7, 11) is -3.80. The number of sulfonamides is 1. The number of hydrogen-bond acceptors (Lipinski definition) is 6. The van der Waals surface area contributed by atoms with Crippen molar-refractivity contribution in [2.75, 3.05) is 31.0 Å². The van der Waals surface area contributed by atoms with E-state index < -0.39 is 16.1 Å². The van der Waals surface area contributed by atoms with Crippen molar-refractivity contribution < 1.29 is 27.4 Å². The van der Waals surface area contributed by atoms with Gasteiger partial charge >= 0.3 is 0 Å². The van der Waals surface area contributed by atoms with Crippen LogP contribution in [-0.2, 0) is 19.6 Å². The van der Waals surface area contributed by atoms with E-state index in [4.69, 9.17) is 14.2 Å². The van der Waals surface area contributed by atoms with E-state index >= 15 is 0 Å². The van der Waals surface area contributed by atoms with Crippen molar-refractivity contribution in [1.82, 2.24) is 4.90 Å². The van der Waals surface area contributed by atoms with Crippen LogP contribution in [0.5, 0.6) is 17.2 Å². The van der Waals surface area contributed by atoms with Crippen LogP contribution in [-0.4, -0.2) is 51.6 Å². The molecule has 8 nitrogen and oxygen atoms in total. The first-order valence-corrected chi connectivity index (χ1v) is 12.4. The van der Waals surface area contributed by atoms with E-state index in [0.717, 1.165) is 0 Å². The normalized spacial score (nSPS) is 14.8. The highest BCUT2D eigenvalue weighted by Gasteiger charge is 2.24. The average molecular weight is 483 g/mol. The fourth-order valence-electron chi connectivity index (χ4n) is 3.42. The van der Waals surface area contributed by atoms with Crippen molar-refractivity contribution in [3.8, 4) is 17.2 Å². The quantitative estimate of drug-likeness (QED) is 0.523. The van der Waals surface area contributed by atoms with Crippen LogP contribution in [0.3, 0.4) is 0 Å². The summed E-state index contributed by atoms with van der Waals surface area (Å²) in [4.78, 5) is 14.3. The molecule has 1 aliphatic rings. The summed E-state index contributed by atoms with van der Waals surface area (Å²) in [5, 5.41) is 0. The van der Waals surface area contributed by atoms with Gasteiger partial charge in [0.25, 0.3) is 15.9 Å². The molecule has 3 aromatic carbocycles. The van der Waals surface area contributed by atoms with E-state index in [-0.39, 0.29) is 10.8 Å². The predicted octanol–water partition coefficient (Wildman–Crippen LogP) is 3.91. The number of benzene rings is 3. The zero-order valence-corrected chi connectivity index (χ0v) is 19.5. The summed E-state index contributed by atoms with van der Waals surface area (Å²) in [5.74, 6) is 1.58. The Kier molecular flexibility index (Phi) is 7.34. The molecule has 9 heteroatoms. The molecule has 3 aromatic rings. The predicted molar refractivity (Wildman–Crippen MR) is 128 cm³/mol. The molecule has 0 unspecified atom stereocenters. The standard InChI is InChI=1S/C25H26N2O6S/c1-19(25(28)27-15-17-31-18-16-27)32-22-11-13-24(14-12-22)34(29,30)26-20-7-9-23(10-8-20)33-21-5-3-2-4-6-21/h2-14,19,26H,15-18H2,1H3/t19-/m0/s1. The lowest BCUT2D eigenvalue weighted by atomic mass is 10.3. The zero-order chi connectivity index (χ0) is 24.0. The lowest BCUT2D eigenvalue weighted by Gasteiger charge is -2.29. The Bertz CT molecular complexity index is 1190. The van der Waals surface area contributed by atoms with Gasteiger partial charge in [-0.25, -0.2) is 8.42 Å². The fourth-order valence-corrected chi connectivity index (χ4v) is 4.48. The number of carbonyl (C=O) groups is 1. The largest absolute Gasteiger partial charge is 0.481 e. The number of nitrogens with zero attached hydrogens (tertiary/aromatic N) is 1. The number of amides is 1. The summed E-state index contributed by atoms with van der Waals surface area (Å²) in [6, 6.07) is 21.9. The molecule has 1 saturated heterocycles. The monoisotopic (exact) mass is 482 g/mol. The van der Waals surface area contributed by atoms with Gasteiger partial charge in [0, 0.05) is 18.8 Å². The number of ether oxygens (including phenoxy) is 3. The van der Waals surface area contributed by atoms with Gasteiger partial charge < -0.3 is 19.1 Å². The van der Waals surface area contributed by atoms with Crippen molar-refractivity contribution in [2.45, 2.75) is 17.9 Å². The van der Waals surface area contributed by atoms with Crippen LogP contribution in [0.25, 0.3) is 0 Å². The molecule has 178 valence electrons. The number of morpholine rings is 1. The Hall–Kier alpha value is -3.56. The third-order valence-corrected chi connectivity index (χ3v) is 6.60. The molecule has 1 heterocycles. The smallest absolute Gasteiger partial charge is 0.263 e. The Labute approximate surface area is 199 Å². The second-order valence-electron chi connectivity index (χ2n) is 7.71. The van der Waals surface area contributed by atoms with Crippen molar-refractivity contribution in [1.29, 1.82) is 0 Å². The molecular formula is C25H26N2O6S. The highest BCUT2D eigenvalue weighted by Crippen LogP contribution is 2.25. The second kappa shape index (κ2) is 10.6. The molecule has 0 saturated carbocycles. The van der Waals surface area contributed by atoms with Gasteiger partial charge in [0.15, 0.2) is 6.10 Å². The van der Waals surface area contributed by atoms with Crippen LogP contribution in [0.1, 0.15) is 6.92 Å². The zero-order valence-electron chi connectivity index (χ0n) is 18.7. The van der Waals surface area contributed by atoms with Gasteiger partial charge in [-0.1, -0.05) is 18.2 Å². The van der Waals surface area contributed by atoms with Crippen LogP contribution in [0.4, 0.5) is 5.69 Å². The highest BCUT2D eigenvalue weighted by atomic mass is 32.2. The molecule has 1 amide bonds. The Balaban J connectivity index is 1.35. The lowest BCUT2D eigenvalue weighted by molar-refractivity contribution is -0.142. The van der Waals surface area contributed by atoms with Gasteiger partial charge in [0.1, 0.15) is 17.2 Å². The first-order valence-electron chi connectivity index (χ1n) is 10.9. The molecule has 1 N–H and O–H groups in total. The third-order valence-electron chi connectivity index (χ3n) is 5.20. The highest BCUT2D eigenvalue weighted by molar-refractivity contribution is 7.92. The van der Waals surface area contributed by atoms with Gasteiger partial charge in [-0.15, -0.1) is 0 Å². The summed E-state index contributed by atoms with van der Waals surface area (Å²) < 4.78 is 44.8. The van der Waals surface area contributed by atoms with Crippen molar-refractivity contribution in [3.63, 3.8) is 0 Å². The third kappa shape index (κ3) is 6.06. The second-order valence-corrected chi connectivity index (χ2v) is 9.40. The number of rotatable bonds is 8. The molecule has 4 rings (SSSR count). The SMILES string of the molecule is C[C@H](Oc1ccc(S(=O)(=O)Nc2ccc(Oc3ccccc3)cc2)cc1)C(=O)N1CCOCC1. The minimum atomic E-state index is -3.80. The molecule has 0 aromatic heterocycles. The fraction of sp³-hybridized carbons (Fsp3) is 0.240. The van der Waals surface area contributed by atoms with Crippen molar-refractivity contribution in [3.05, 3.63) is 78.9 Å². The molecule has 34 heavy (non-hydrogen) atoms. The minimum Gasteiger partial charge on any atom is -0.481 e. The van der Waals surface area contributed by atoms with E-state index in [9.17, 15) is 13.2 Å². The van der Waals surface area contributed by atoms with Crippen LogP contribution in [0.2, 0.25) is 0 Å². The molecule has 0 radical (unpaired) electrons. The maximum Gasteiger partial charge on any atom is 0.263 e. The van der Waals surface area contributed by atoms with Crippen LogP contribution in [0.15, 0.2) is 83.8 Å². The number of hydrogen-bond donors (Lipinski definition) is 1. The van der Waals surface area contributed by atoms with Gasteiger partial charge in [-0.2, -0.15) is 0 Å². The molecule has 0 bridgehead atoms. The van der Waals surface area contributed by atoms with Crippen LogP contribution < -0.4 is 14.2 Å². The van der Waals surface area contributed by atoms with E-state index in [0.29, 0.717) is 49.2 Å². The number of para-hydroxylation sites is 1. The first-order chi connectivity index (χ1) is 16.4. The molecule has 0 spiro atoms. The summed E-state index contributed by atoms with van der Waals surface area (Å²) >= 11 is 0. The van der Waals surface area contributed by atoms with Crippen molar-refractivity contribution in [2.24, 2.45) is 0 Å². The van der Waals surface area contributed by atoms with E-state index in [1.165, 1.54) is 24.3 Å². The molecule has 1 fully saturated rings. The van der Waals surface area contributed by atoms with Crippen LogP contribution >= 0.6 is 0 Å². The first kappa shape index (κ1) is 23.6. The van der Waals surface area contributed by atoms with Gasteiger partial charge in [-0.3, -0.25) is 9.52 Å². The number of anilines is 1. The van der Waals surface area contributed by atoms with Gasteiger partial charge in [0.2, 0.25) is 0 Å². The topological polar surface area (TPSA) is 94.2 Å². The molecule has 1 aliphatic heterocycles. The number of carbonyl (C=O) groups excluding carboxylic acids is 1. The maximum absolute atomic E-state index is 12.8. The maximum atomic E-state index is 12.8. The Morgan fingerprint density at radius 3 is 2.12 bits per heavy atom. The number of nitrogens with one attached hydrogen (secondary N) is 1. The summed E-state index contributed by atoms with van der Waals surface area (Å²) in [6.07, 6.45) is -0.685. The van der Waals surface area contributed by atoms with E-state index in [1.807, 2.05) is 30.3 Å². The Morgan fingerprint density at radius 2 is 1.47 bits per heavy atom. The van der Waals surface area contributed by atoms with E-state index in [2.05, 4.69) is 4.72 Å². The lowest BCUT2D eigenvalue weighted by Crippen LogP contribution is -2.46. The Morgan fingerprint density at radius 1 is 0.882 bits per heavy atom. The molecular weight excluding hydrogens is 456 g/mol. The summed E-state index contributed by atoms with van der Waals surface area (Å²) in [6.45, 7) is 3.78. The van der Waals surface area contributed by atoms with Gasteiger partial charge in [0.05, 0.1) is 18.1 Å². The molecule has 0 aliphatic carbocycles. The molecule has 1 atom stereocenters. The van der Waals surface area contributed by atoms with Gasteiger partial charge in [-0.05, 0) is 67.6 Å². The van der Waals surface area contributed by atoms with E-state index in [1.54, 1.807) is 36.1 Å². The minimum absolute atomic E-state index is 0.0802. The summed E-state index contributed by atoms with van der Waals surface area (Å²) in [5.41, 5.74) is 0.408. The van der Waals surface area contributed by atoms with Crippen LogP contribution in [0, 0.1) is 0 Å². The average Bonchev–Trinajstić information content (AvgIpc) is 2.86.